The lowest BCUT2D eigenvalue weighted by Gasteiger charge is -2.13. The summed E-state index contributed by atoms with van der Waals surface area (Å²) in [6.07, 6.45) is 4.69. The summed E-state index contributed by atoms with van der Waals surface area (Å²) in [6, 6.07) is 11.2. The van der Waals surface area contributed by atoms with Crippen molar-refractivity contribution in [1.82, 2.24) is 14.9 Å². The van der Waals surface area contributed by atoms with Crippen molar-refractivity contribution in [1.29, 1.82) is 0 Å². The first-order valence-electron chi connectivity index (χ1n) is 7.29. The maximum absolute atomic E-state index is 5.91. The standard InChI is InChI=1S/C17H14BrClN4O2/c1-24-16-7-13(8-22-23-10-20-21-11-23)6-15(18)17(16)25-9-12-2-4-14(19)5-3-12/h2-8,10-11H,9H2,1H3/b22-8-. The number of rotatable bonds is 6. The summed E-state index contributed by atoms with van der Waals surface area (Å²) in [5.41, 5.74) is 1.85. The summed E-state index contributed by atoms with van der Waals surface area (Å²) in [7, 11) is 1.59. The minimum Gasteiger partial charge on any atom is -0.493 e. The second-order valence-electron chi connectivity index (χ2n) is 5.04. The summed E-state index contributed by atoms with van der Waals surface area (Å²) in [4.78, 5) is 0. The summed E-state index contributed by atoms with van der Waals surface area (Å²) >= 11 is 9.42. The maximum Gasteiger partial charge on any atom is 0.175 e. The number of hydrogen-bond acceptors (Lipinski definition) is 5. The molecule has 0 amide bonds. The van der Waals surface area contributed by atoms with Crippen molar-refractivity contribution >= 4 is 33.7 Å². The van der Waals surface area contributed by atoms with E-state index in [1.54, 1.807) is 13.3 Å². The molecule has 128 valence electrons. The third-order valence-electron chi connectivity index (χ3n) is 3.29. The number of benzene rings is 2. The molecule has 8 heteroatoms. The molecule has 0 radical (unpaired) electrons. The Labute approximate surface area is 158 Å². The van der Waals surface area contributed by atoms with Gasteiger partial charge in [0.25, 0.3) is 0 Å². The van der Waals surface area contributed by atoms with Gasteiger partial charge in [0.05, 0.1) is 17.8 Å². The van der Waals surface area contributed by atoms with Gasteiger partial charge in [0.1, 0.15) is 19.3 Å². The van der Waals surface area contributed by atoms with Gasteiger partial charge in [-0.2, -0.15) is 5.10 Å². The van der Waals surface area contributed by atoms with Crippen molar-refractivity contribution in [3.63, 3.8) is 0 Å². The van der Waals surface area contributed by atoms with Crippen LogP contribution in [0.3, 0.4) is 0 Å². The van der Waals surface area contributed by atoms with E-state index in [0.717, 1.165) is 15.6 Å². The minimum absolute atomic E-state index is 0.403. The van der Waals surface area contributed by atoms with Crippen molar-refractivity contribution in [2.75, 3.05) is 7.11 Å². The molecule has 0 aliphatic heterocycles. The van der Waals surface area contributed by atoms with E-state index in [9.17, 15) is 0 Å². The number of halogens is 2. The number of hydrogen-bond donors (Lipinski definition) is 0. The smallest absolute Gasteiger partial charge is 0.175 e. The lowest BCUT2D eigenvalue weighted by molar-refractivity contribution is 0.282. The first-order chi connectivity index (χ1) is 12.2. The first-order valence-corrected chi connectivity index (χ1v) is 8.46. The number of methoxy groups -OCH3 is 1. The van der Waals surface area contributed by atoms with Gasteiger partial charge in [-0.1, -0.05) is 23.7 Å². The SMILES string of the molecule is COc1cc(/C=N\n2cnnc2)cc(Br)c1OCc1ccc(Cl)cc1. The Kier molecular flexibility index (Phi) is 5.67. The molecule has 0 N–H and O–H groups in total. The normalized spacial score (nSPS) is 11.0. The molecule has 0 unspecified atom stereocenters. The van der Waals surface area contributed by atoms with E-state index in [-0.39, 0.29) is 0 Å². The van der Waals surface area contributed by atoms with E-state index in [1.165, 1.54) is 17.3 Å². The Morgan fingerprint density at radius 3 is 2.60 bits per heavy atom. The van der Waals surface area contributed by atoms with Crippen LogP contribution in [0.25, 0.3) is 0 Å². The molecule has 0 fully saturated rings. The highest BCUT2D eigenvalue weighted by atomic mass is 79.9. The van der Waals surface area contributed by atoms with Gasteiger partial charge in [-0.25, -0.2) is 4.68 Å². The number of ether oxygens (including phenoxy) is 2. The van der Waals surface area contributed by atoms with Crippen LogP contribution < -0.4 is 9.47 Å². The van der Waals surface area contributed by atoms with Crippen molar-refractivity contribution in [3.8, 4) is 11.5 Å². The fourth-order valence-corrected chi connectivity index (χ4v) is 2.78. The molecule has 0 saturated carbocycles. The monoisotopic (exact) mass is 420 g/mol. The van der Waals surface area contributed by atoms with Crippen molar-refractivity contribution in [2.24, 2.45) is 5.10 Å². The lowest BCUT2D eigenvalue weighted by atomic mass is 10.2. The van der Waals surface area contributed by atoms with Gasteiger partial charge in [-0.05, 0) is 51.3 Å². The highest BCUT2D eigenvalue weighted by molar-refractivity contribution is 9.10. The second kappa shape index (κ2) is 8.13. The van der Waals surface area contributed by atoms with E-state index < -0.39 is 0 Å². The lowest BCUT2D eigenvalue weighted by Crippen LogP contribution is -2.00. The molecule has 0 atom stereocenters. The molecule has 0 saturated heterocycles. The molecule has 1 aromatic heterocycles. The molecule has 0 spiro atoms. The Bertz CT molecular complexity index is 867. The molecular formula is C17H14BrClN4O2. The number of nitrogens with zero attached hydrogens (tertiary/aromatic N) is 4. The average Bonchev–Trinajstić information content (AvgIpc) is 3.13. The Morgan fingerprint density at radius 1 is 1.20 bits per heavy atom. The molecule has 6 nitrogen and oxygen atoms in total. The van der Waals surface area contributed by atoms with Gasteiger partial charge >= 0.3 is 0 Å². The molecule has 3 rings (SSSR count). The van der Waals surface area contributed by atoms with Gasteiger partial charge < -0.3 is 9.47 Å². The molecule has 1 heterocycles. The highest BCUT2D eigenvalue weighted by Gasteiger charge is 2.11. The van der Waals surface area contributed by atoms with Crippen LogP contribution >= 0.6 is 27.5 Å². The maximum atomic E-state index is 5.91. The topological polar surface area (TPSA) is 61.5 Å². The quantitative estimate of drug-likeness (QED) is 0.561. The van der Waals surface area contributed by atoms with Crippen LogP contribution in [0, 0.1) is 0 Å². The van der Waals surface area contributed by atoms with Gasteiger partial charge in [0.2, 0.25) is 0 Å². The zero-order valence-corrected chi connectivity index (χ0v) is 15.6. The zero-order chi connectivity index (χ0) is 17.6. The molecule has 25 heavy (non-hydrogen) atoms. The molecule has 0 aliphatic carbocycles. The summed E-state index contributed by atoms with van der Waals surface area (Å²) in [5.74, 6) is 1.23. The Balaban J connectivity index is 1.78. The van der Waals surface area contributed by atoms with Crippen LogP contribution in [0.2, 0.25) is 5.02 Å². The second-order valence-corrected chi connectivity index (χ2v) is 6.33. The van der Waals surface area contributed by atoms with Gasteiger partial charge in [0.15, 0.2) is 11.5 Å². The van der Waals surface area contributed by atoms with Crippen LogP contribution in [-0.2, 0) is 6.61 Å². The third-order valence-corrected chi connectivity index (χ3v) is 4.14. The summed E-state index contributed by atoms with van der Waals surface area (Å²) in [6.45, 7) is 0.403. The fourth-order valence-electron chi connectivity index (χ4n) is 2.08. The van der Waals surface area contributed by atoms with E-state index >= 15 is 0 Å². The first kappa shape index (κ1) is 17.4. The Morgan fingerprint density at radius 2 is 1.92 bits per heavy atom. The van der Waals surface area contributed by atoms with Gasteiger partial charge in [0, 0.05) is 5.02 Å². The van der Waals surface area contributed by atoms with Crippen molar-refractivity contribution in [3.05, 3.63) is 69.7 Å². The summed E-state index contributed by atoms with van der Waals surface area (Å²) < 4.78 is 13.6. The van der Waals surface area contributed by atoms with E-state index in [2.05, 4.69) is 31.2 Å². The molecule has 0 aliphatic rings. The van der Waals surface area contributed by atoms with Crippen LogP contribution in [-0.4, -0.2) is 28.2 Å². The summed E-state index contributed by atoms with van der Waals surface area (Å²) in [5, 5.41) is 12.3. The van der Waals surface area contributed by atoms with Crippen LogP contribution in [0.1, 0.15) is 11.1 Å². The van der Waals surface area contributed by atoms with E-state index in [0.29, 0.717) is 23.1 Å². The Hall–Kier alpha value is -2.38. The average molecular weight is 422 g/mol. The van der Waals surface area contributed by atoms with E-state index in [1.807, 2.05) is 36.4 Å². The van der Waals surface area contributed by atoms with Gasteiger partial charge in [-0.15, -0.1) is 10.2 Å². The van der Waals surface area contributed by atoms with Crippen molar-refractivity contribution < 1.29 is 9.47 Å². The molecule has 3 aromatic rings. The van der Waals surface area contributed by atoms with Crippen LogP contribution in [0.15, 0.2) is 58.6 Å². The molecular weight excluding hydrogens is 408 g/mol. The van der Waals surface area contributed by atoms with E-state index in [4.69, 9.17) is 21.1 Å². The fraction of sp³-hybridized carbons (Fsp3) is 0.118. The predicted octanol–water partition coefficient (Wildman–Crippen LogP) is 4.16. The van der Waals surface area contributed by atoms with Gasteiger partial charge in [-0.3, -0.25) is 0 Å². The molecule has 0 bridgehead atoms. The largest absolute Gasteiger partial charge is 0.493 e. The highest BCUT2D eigenvalue weighted by Crippen LogP contribution is 2.36. The van der Waals surface area contributed by atoms with Crippen LogP contribution in [0.4, 0.5) is 0 Å². The molecule has 2 aromatic carbocycles. The third kappa shape index (κ3) is 4.58. The predicted molar refractivity (Wildman–Crippen MR) is 99.5 cm³/mol. The van der Waals surface area contributed by atoms with Crippen LogP contribution in [0.5, 0.6) is 11.5 Å². The zero-order valence-electron chi connectivity index (χ0n) is 13.3. The van der Waals surface area contributed by atoms with Crippen molar-refractivity contribution in [2.45, 2.75) is 6.61 Å². The number of aromatic nitrogens is 3. The minimum atomic E-state index is 0.403.